The Bertz CT molecular complexity index is 1150. The molecule has 1 amide bonds. The lowest BCUT2D eigenvalue weighted by Crippen LogP contribution is -2.21. The molecule has 0 aromatic heterocycles. The first-order valence-electron chi connectivity index (χ1n) is 8.60. The highest BCUT2D eigenvalue weighted by molar-refractivity contribution is 6.30. The predicted octanol–water partition coefficient (Wildman–Crippen LogP) is 4.77. The fourth-order valence-corrected chi connectivity index (χ4v) is 3.23. The summed E-state index contributed by atoms with van der Waals surface area (Å²) in [4.78, 5) is 37.5. The molecule has 4 rings (SSSR count). The lowest BCUT2D eigenvalue weighted by molar-refractivity contribution is -0.111. The van der Waals surface area contributed by atoms with Crippen LogP contribution in [0.15, 0.2) is 72.8 Å². The number of fused-ring (bicyclic) bond motifs is 2. The van der Waals surface area contributed by atoms with Crippen LogP contribution in [0.25, 0.3) is 6.08 Å². The minimum Gasteiger partial charge on any atom is -0.322 e. The van der Waals surface area contributed by atoms with Crippen LogP contribution in [0.2, 0.25) is 5.02 Å². The average Bonchev–Trinajstić information content (AvgIpc) is 2.71. The summed E-state index contributed by atoms with van der Waals surface area (Å²) in [5.41, 5.74) is 2.71. The number of rotatable bonds is 3. The largest absolute Gasteiger partial charge is 0.322 e. The molecule has 28 heavy (non-hydrogen) atoms. The normalized spacial score (nSPS) is 12.6. The van der Waals surface area contributed by atoms with E-state index in [0.29, 0.717) is 33.0 Å². The molecule has 0 heterocycles. The van der Waals surface area contributed by atoms with Crippen LogP contribution in [0.4, 0.5) is 5.69 Å². The summed E-state index contributed by atoms with van der Waals surface area (Å²) in [6, 6.07) is 18.5. The van der Waals surface area contributed by atoms with Gasteiger partial charge in [0.25, 0.3) is 0 Å². The minimum absolute atomic E-state index is 0.189. The van der Waals surface area contributed by atoms with Crippen LogP contribution in [-0.2, 0) is 4.79 Å². The predicted molar refractivity (Wildman–Crippen MR) is 109 cm³/mol. The average molecular weight is 388 g/mol. The van der Waals surface area contributed by atoms with E-state index in [2.05, 4.69) is 5.32 Å². The van der Waals surface area contributed by atoms with Crippen LogP contribution >= 0.6 is 11.6 Å². The number of hydrogen-bond acceptors (Lipinski definition) is 3. The Hall–Kier alpha value is -3.50. The topological polar surface area (TPSA) is 63.2 Å². The zero-order valence-corrected chi connectivity index (χ0v) is 15.4. The summed E-state index contributed by atoms with van der Waals surface area (Å²) in [5.74, 6) is -0.756. The fourth-order valence-electron chi connectivity index (χ4n) is 3.11. The molecular formula is C23H14ClNO3. The molecule has 1 aliphatic carbocycles. The molecule has 0 radical (unpaired) electrons. The van der Waals surface area contributed by atoms with Gasteiger partial charge in [-0.3, -0.25) is 14.4 Å². The molecular weight excluding hydrogens is 374 g/mol. The number of carbonyl (C=O) groups is 3. The van der Waals surface area contributed by atoms with Crippen molar-refractivity contribution >= 4 is 40.8 Å². The molecule has 0 unspecified atom stereocenters. The van der Waals surface area contributed by atoms with Gasteiger partial charge < -0.3 is 5.32 Å². The van der Waals surface area contributed by atoms with Gasteiger partial charge in [-0.2, -0.15) is 0 Å². The third-order valence-corrected chi connectivity index (χ3v) is 4.74. The summed E-state index contributed by atoms with van der Waals surface area (Å²) in [5, 5.41) is 3.34. The molecule has 0 bridgehead atoms. The molecule has 1 N–H and O–H groups in total. The van der Waals surface area contributed by atoms with Crippen molar-refractivity contribution in [2.75, 3.05) is 5.32 Å². The van der Waals surface area contributed by atoms with Gasteiger partial charge in [0.1, 0.15) is 0 Å². The number of benzene rings is 3. The van der Waals surface area contributed by atoms with E-state index in [-0.39, 0.29) is 17.5 Å². The van der Waals surface area contributed by atoms with E-state index in [0.717, 1.165) is 5.56 Å². The van der Waals surface area contributed by atoms with Gasteiger partial charge in [-0.1, -0.05) is 48.0 Å². The molecule has 3 aromatic carbocycles. The van der Waals surface area contributed by atoms with Crippen molar-refractivity contribution in [1.82, 2.24) is 0 Å². The van der Waals surface area contributed by atoms with E-state index in [9.17, 15) is 14.4 Å². The number of anilines is 1. The third kappa shape index (κ3) is 3.38. The minimum atomic E-state index is -0.343. The molecule has 3 aromatic rings. The monoisotopic (exact) mass is 387 g/mol. The SMILES string of the molecule is O=C(/C=C/c1ccc(Cl)cc1)Nc1ccc2c(c1)C(=O)c1ccccc1C2=O. The summed E-state index contributed by atoms with van der Waals surface area (Å²) < 4.78 is 0. The second-order valence-corrected chi connectivity index (χ2v) is 6.77. The van der Waals surface area contributed by atoms with E-state index >= 15 is 0 Å². The first-order chi connectivity index (χ1) is 13.5. The lowest BCUT2D eigenvalue weighted by atomic mass is 9.84. The first-order valence-corrected chi connectivity index (χ1v) is 8.98. The standard InChI is InChI=1S/C23H14ClNO3/c24-15-8-5-14(6-9-15)7-12-21(26)25-16-10-11-19-20(13-16)23(28)18-4-2-1-3-17(18)22(19)27/h1-13H,(H,25,26)/b12-7+. The molecule has 4 nitrogen and oxygen atoms in total. The zero-order valence-electron chi connectivity index (χ0n) is 14.6. The maximum absolute atomic E-state index is 12.7. The van der Waals surface area contributed by atoms with Crippen LogP contribution in [0.3, 0.4) is 0 Å². The summed E-state index contributed by atoms with van der Waals surface area (Å²) in [6.45, 7) is 0. The summed E-state index contributed by atoms with van der Waals surface area (Å²) >= 11 is 5.84. The van der Waals surface area contributed by atoms with Crippen LogP contribution in [-0.4, -0.2) is 17.5 Å². The van der Waals surface area contributed by atoms with Crippen LogP contribution in [0.1, 0.15) is 37.4 Å². The molecule has 5 heteroatoms. The number of carbonyl (C=O) groups excluding carboxylic acids is 3. The van der Waals surface area contributed by atoms with Gasteiger partial charge in [-0.15, -0.1) is 0 Å². The van der Waals surface area contributed by atoms with Gasteiger partial charge in [0.05, 0.1) is 0 Å². The van der Waals surface area contributed by atoms with Crippen molar-refractivity contribution < 1.29 is 14.4 Å². The van der Waals surface area contributed by atoms with Crippen molar-refractivity contribution in [2.24, 2.45) is 0 Å². The number of hydrogen-bond donors (Lipinski definition) is 1. The summed E-state index contributed by atoms with van der Waals surface area (Å²) in [7, 11) is 0. The second-order valence-electron chi connectivity index (χ2n) is 6.34. The molecule has 136 valence electrons. The molecule has 1 aliphatic rings. The van der Waals surface area contributed by atoms with E-state index in [1.54, 1.807) is 72.8 Å². The quantitative estimate of drug-likeness (QED) is 0.515. The van der Waals surface area contributed by atoms with Gasteiger partial charge in [-0.05, 0) is 42.0 Å². The van der Waals surface area contributed by atoms with Gasteiger partial charge in [0.2, 0.25) is 5.91 Å². The molecule has 0 aliphatic heterocycles. The smallest absolute Gasteiger partial charge is 0.248 e. The van der Waals surface area contributed by atoms with Crippen LogP contribution in [0.5, 0.6) is 0 Å². The highest BCUT2D eigenvalue weighted by Crippen LogP contribution is 2.29. The Balaban J connectivity index is 1.56. The Morgan fingerprint density at radius 3 is 2.07 bits per heavy atom. The van der Waals surface area contributed by atoms with E-state index < -0.39 is 0 Å². The molecule has 0 fully saturated rings. The van der Waals surface area contributed by atoms with E-state index in [1.807, 2.05) is 0 Å². The molecule has 0 saturated heterocycles. The first kappa shape index (κ1) is 17.9. The molecule has 0 spiro atoms. The molecule has 0 saturated carbocycles. The Morgan fingerprint density at radius 2 is 1.39 bits per heavy atom. The van der Waals surface area contributed by atoms with E-state index in [1.165, 1.54) is 6.08 Å². The van der Waals surface area contributed by atoms with Crippen molar-refractivity contribution in [2.45, 2.75) is 0 Å². The van der Waals surface area contributed by atoms with Gasteiger partial charge in [-0.25, -0.2) is 0 Å². The van der Waals surface area contributed by atoms with Crippen molar-refractivity contribution in [1.29, 1.82) is 0 Å². The third-order valence-electron chi connectivity index (χ3n) is 4.49. The maximum Gasteiger partial charge on any atom is 0.248 e. The summed E-state index contributed by atoms with van der Waals surface area (Å²) in [6.07, 6.45) is 3.06. The number of amides is 1. The Morgan fingerprint density at radius 1 is 0.786 bits per heavy atom. The van der Waals surface area contributed by atoms with E-state index in [4.69, 9.17) is 11.6 Å². The molecule has 0 atom stereocenters. The van der Waals surface area contributed by atoms with Gasteiger partial charge in [0, 0.05) is 39.0 Å². The van der Waals surface area contributed by atoms with Crippen LogP contribution in [0, 0.1) is 0 Å². The highest BCUT2D eigenvalue weighted by atomic mass is 35.5. The zero-order chi connectivity index (χ0) is 19.7. The second kappa shape index (κ2) is 7.25. The Kier molecular flexibility index (Phi) is 4.63. The number of halogens is 1. The Labute approximate surface area is 166 Å². The van der Waals surface area contributed by atoms with Crippen molar-refractivity contribution in [3.8, 4) is 0 Å². The van der Waals surface area contributed by atoms with Crippen molar-refractivity contribution in [3.05, 3.63) is 106 Å². The van der Waals surface area contributed by atoms with Crippen molar-refractivity contribution in [3.63, 3.8) is 0 Å². The van der Waals surface area contributed by atoms with Gasteiger partial charge in [0.15, 0.2) is 11.6 Å². The maximum atomic E-state index is 12.7. The van der Waals surface area contributed by atoms with Gasteiger partial charge >= 0.3 is 0 Å². The number of nitrogens with one attached hydrogen (secondary N) is 1. The van der Waals surface area contributed by atoms with Crippen LogP contribution < -0.4 is 5.32 Å². The highest BCUT2D eigenvalue weighted by Gasteiger charge is 2.29. The lowest BCUT2D eigenvalue weighted by Gasteiger charge is -2.18. The number of ketones is 2. The fraction of sp³-hybridized carbons (Fsp3) is 0.